The summed E-state index contributed by atoms with van der Waals surface area (Å²) < 4.78 is 0. The summed E-state index contributed by atoms with van der Waals surface area (Å²) in [7, 11) is 0. The maximum absolute atomic E-state index is 3.47. The van der Waals surface area contributed by atoms with Gasteiger partial charge in [0.1, 0.15) is 0 Å². The lowest BCUT2D eigenvalue weighted by molar-refractivity contribution is 0.116. The van der Waals surface area contributed by atoms with Gasteiger partial charge in [-0.3, -0.25) is 0 Å². The highest BCUT2D eigenvalue weighted by atomic mass is 15.1. The molecule has 0 unspecified atom stereocenters. The molecule has 2 nitrogen and oxygen atoms in total. The van der Waals surface area contributed by atoms with Crippen LogP contribution in [0.25, 0.3) is 0 Å². The molecular formula is C14H30N2. The van der Waals surface area contributed by atoms with Crippen LogP contribution in [0.15, 0.2) is 0 Å². The van der Waals surface area contributed by atoms with Crippen molar-refractivity contribution in [1.82, 2.24) is 10.2 Å². The quantitative estimate of drug-likeness (QED) is 0.672. The van der Waals surface area contributed by atoms with Crippen LogP contribution >= 0.6 is 0 Å². The van der Waals surface area contributed by atoms with E-state index in [1.165, 1.54) is 64.8 Å². The predicted molar refractivity (Wildman–Crippen MR) is 71.8 cm³/mol. The number of hydrogen-bond donors (Lipinski definition) is 1. The third-order valence-electron chi connectivity index (χ3n) is 3.48. The Morgan fingerprint density at radius 3 is 2.69 bits per heavy atom. The third-order valence-corrected chi connectivity index (χ3v) is 3.48. The van der Waals surface area contributed by atoms with E-state index < -0.39 is 0 Å². The molecule has 1 saturated heterocycles. The zero-order valence-electron chi connectivity index (χ0n) is 11.5. The highest BCUT2D eigenvalue weighted by Crippen LogP contribution is 2.28. The fourth-order valence-corrected chi connectivity index (χ4v) is 2.62. The van der Waals surface area contributed by atoms with Crippen molar-refractivity contribution in [3.8, 4) is 0 Å². The van der Waals surface area contributed by atoms with E-state index in [1.54, 1.807) is 0 Å². The molecule has 1 N–H and O–H groups in total. The normalized spacial score (nSPS) is 21.2. The van der Waals surface area contributed by atoms with Gasteiger partial charge in [0, 0.05) is 6.54 Å². The van der Waals surface area contributed by atoms with Crippen LogP contribution in [0, 0.1) is 5.41 Å². The van der Waals surface area contributed by atoms with Crippen LogP contribution in [-0.2, 0) is 0 Å². The first kappa shape index (κ1) is 14.0. The van der Waals surface area contributed by atoms with E-state index in [2.05, 4.69) is 31.0 Å². The summed E-state index contributed by atoms with van der Waals surface area (Å²) in [6.07, 6.45) is 6.73. The van der Waals surface area contributed by atoms with Crippen LogP contribution < -0.4 is 5.32 Å². The molecule has 0 saturated carbocycles. The zero-order valence-corrected chi connectivity index (χ0v) is 11.5. The molecule has 1 aliphatic rings. The van der Waals surface area contributed by atoms with Crippen molar-refractivity contribution in [3.05, 3.63) is 0 Å². The van der Waals surface area contributed by atoms with Crippen molar-refractivity contribution in [2.75, 3.05) is 32.7 Å². The van der Waals surface area contributed by atoms with Crippen LogP contribution in [-0.4, -0.2) is 37.6 Å². The van der Waals surface area contributed by atoms with Crippen molar-refractivity contribution in [2.45, 2.75) is 52.9 Å². The molecule has 1 fully saturated rings. The topological polar surface area (TPSA) is 15.3 Å². The largest absolute Gasteiger partial charge is 0.317 e. The maximum atomic E-state index is 3.47. The Bertz CT molecular complexity index is 178. The second-order valence-electron chi connectivity index (χ2n) is 6.00. The molecule has 2 heteroatoms. The van der Waals surface area contributed by atoms with E-state index in [9.17, 15) is 0 Å². The van der Waals surface area contributed by atoms with Crippen LogP contribution in [0.4, 0.5) is 0 Å². The SMILES string of the molecule is CCCNCCCCN1CCCC(C)(C)C1. The molecule has 0 aliphatic carbocycles. The van der Waals surface area contributed by atoms with Gasteiger partial charge in [-0.1, -0.05) is 20.8 Å². The fraction of sp³-hybridized carbons (Fsp3) is 1.00. The number of hydrogen-bond acceptors (Lipinski definition) is 2. The van der Waals surface area contributed by atoms with Crippen LogP contribution in [0.1, 0.15) is 52.9 Å². The number of likely N-dealkylation sites (tertiary alicyclic amines) is 1. The first-order valence-corrected chi connectivity index (χ1v) is 7.07. The van der Waals surface area contributed by atoms with E-state index in [0.717, 1.165) is 0 Å². The first-order valence-electron chi connectivity index (χ1n) is 7.07. The van der Waals surface area contributed by atoms with E-state index in [-0.39, 0.29) is 0 Å². The fourth-order valence-electron chi connectivity index (χ4n) is 2.62. The summed E-state index contributed by atoms with van der Waals surface area (Å²) in [5.41, 5.74) is 0.554. The van der Waals surface area contributed by atoms with E-state index in [4.69, 9.17) is 0 Å². The molecule has 96 valence electrons. The summed E-state index contributed by atoms with van der Waals surface area (Å²) in [4.78, 5) is 2.66. The molecule has 0 aromatic heterocycles. The number of piperidine rings is 1. The molecule has 0 bridgehead atoms. The van der Waals surface area contributed by atoms with Crippen molar-refractivity contribution in [2.24, 2.45) is 5.41 Å². The minimum Gasteiger partial charge on any atom is -0.317 e. The van der Waals surface area contributed by atoms with Crippen molar-refractivity contribution >= 4 is 0 Å². The maximum Gasteiger partial charge on any atom is 0.00327 e. The third kappa shape index (κ3) is 5.86. The average Bonchev–Trinajstić information content (AvgIpc) is 2.22. The van der Waals surface area contributed by atoms with Gasteiger partial charge in [-0.05, 0) is 63.7 Å². The number of unbranched alkanes of at least 4 members (excludes halogenated alkanes) is 1. The summed E-state index contributed by atoms with van der Waals surface area (Å²) in [6.45, 7) is 13.3. The standard InChI is InChI=1S/C14H30N2/c1-4-9-15-10-5-6-11-16-12-7-8-14(2,3)13-16/h15H,4-13H2,1-3H3. The van der Waals surface area contributed by atoms with Crippen LogP contribution in [0.2, 0.25) is 0 Å². The molecule has 0 aromatic carbocycles. The Hall–Kier alpha value is -0.0800. The van der Waals surface area contributed by atoms with Gasteiger partial charge in [0.2, 0.25) is 0 Å². The van der Waals surface area contributed by atoms with Crippen LogP contribution in [0.3, 0.4) is 0 Å². The molecule has 1 aliphatic heterocycles. The monoisotopic (exact) mass is 226 g/mol. The Morgan fingerprint density at radius 2 is 2.00 bits per heavy atom. The molecule has 1 rings (SSSR count). The van der Waals surface area contributed by atoms with E-state index >= 15 is 0 Å². The summed E-state index contributed by atoms with van der Waals surface area (Å²) in [6, 6.07) is 0. The van der Waals surface area contributed by atoms with Crippen molar-refractivity contribution < 1.29 is 0 Å². The van der Waals surface area contributed by atoms with Crippen LogP contribution in [0.5, 0.6) is 0 Å². The van der Waals surface area contributed by atoms with Gasteiger partial charge in [-0.25, -0.2) is 0 Å². The first-order chi connectivity index (χ1) is 7.64. The lowest BCUT2D eigenvalue weighted by Crippen LogP contribution is -2.40. The molecule has 0 amide bonds. The summed E-state index contributed by atoms with van der Waals surface area (Å²) in [5.74, 6) is 0. The number of rotatable bonds is 7. The lowest BCUT2D eigenvalue weighted by atomic mass is 9.84. The highest BCUT2D eigenvalue weighted by molar-refractivity contribution is 4.79. The van der Waals surface area contributed by atoms with Gasteiger partial charge in [0.25, 0.3) is 0 Å². The zero-order chi connectivity index (χ0) is 11.9. The minimum absolute atomic E-state index is 0.554. The molecule has 0 radical (unpaired) electrons. The van der Waals surface area contributed by atoms with Gasteiger partial charge in [-0.2, -0.15) is 0 Å². The van der Waals surface area contributed by atoms with Gasteiger partial charge >= 0.3 is 0 Å². The smallest absolute Gasteiger partial charge is 0.00327 e. The highest BCUT2D eigenvalue weighted by Gasteiger charge is 2.25. The second-order valence-corrected chi connectivity index (χ2v) is 6.00. The molecular weight excluding hydrogens is 196 g/mol. The van der Waals surface area contributed by atoms with Crippen molar-refractivity contribution in [3.63, 3.8) is 0 Å². The minimum atomic E-state index is 0.554. The Morgan fingerprint density at radius 1 is 1.19 bits per heavy atom. The molecule has 1 heterocycles. The predicted octanol–water partition coefficient (Wildman–Crippen LogP) is 2.89. The van der Waals surface area contributed by atoms with Gasteiger partial charge in [-0.15, -0.1) is 0 Å². The van der Waals surface area contributed by atoms with Gasteiger partial charge in [0.05, 0.1) is 0 Å². The molecule has 0 spiro atoms. The van der Waals surface area contributed by atoms with Gasteiger partial charge in [0.15, 0.2) is 0 Å². The molecule has 0 aromatic rings. The summed E-state index contributed by atoms with van der Waals surface area (Å²) >= 11 is 0. The average molecular weight is 226 g/mol. The van der Waals surface area contributed by atoms with Crippen molar-refractivity contribution in [1.29, 1.82) is 0 Å². The Labute approximate surface area is 102 Å². The number of nitrogens with one attached hydrogen (secondary N) is 1. The Balaban J connectivity index is 2.00. The second kappa shape index (κ2) is 7.29. The van der Waals surface area contributed by atoms with Gasteiger partial charge < -0.3 is 10.2 Å². The van der Waals surface area contributed by atoms with E-state index in [1.807, 2.05) is 0 Å². The molecule has 16 heavy (non-hydrogen) atoms. The molecule has 0 atom stereocenters. The van der Waals surface area contributed by atoms with E-state index in [0.29, 0.717) is 5.41 Å². The summed E-state index contributed by atoms with van der Waals surface area (Å²) in [5, 5.41) is 3.47. The number of nitrogens with zero attached hydrogens (tertiary/aromatic N) is 1. The lowest BCUT2D eigenvalue weighted by Gasteiger charge is -2.38. The Kier molecular flexibility index (Phi) is 6.37.